The Balaban J connectivity index is 1.99. The van der Waals surface area contributed by atoms with E-state index in [9.17, 15) is 0 Å². The van der Waals surface area contributed by atoms with E-state index >= 15 is 0 Å². The third-order valence-corrected chi connectivity index (χ3v) is 3.53. The Morgan fingerprint density at radius 2 is 2.06 bits per heavy atom. The lowest BCUT2D eigenvalue weighted by molar-refractivity contribution is 0.340. The maximum atomic E-state index is 5.52. The summed E-state index contributed by atoms with van der Waals surface area (Å²) in [5, 5.41) is 3.24. The van der Waals surface area contributed by atoms with Crippen LogP contribution in [-0.4, -0.2) is 18.1 Å². The first-order chi connectivity index (χ1) is 8.81. The Bertz CT molecular complexity index is 479. The molecule has 0 fully saturated rings. The average molecular weight is 262 g/mol. The molecule has 1 aromatic heterocycles. The molecule has 0 bridgehead atoms. The number of hydrogen-bond donors (Lipinski definition) is 1. The molecule has 0 saturated heterocycles. The van der Waals surface area contributed by atoms with Gasteiger partial charge in [0, 0.05) is 18.2 Å². The number of rotatable bonds is 6. The van der Waals surface area contributed by atoms with E-state index in [-0.39, 0.29) is 0 Å². The van der Waals surface area contributed by atoms with Crippen LogP contribution in [0.3, 0.4) is 0 Å². The van der Waals surface area contributed by atoms with Crippen molar-refractivity contribution >= 4 is 11.3 Å². The van der Waals surface area contributed by atoms with Crippen LogP contribution >= 0.6 is 11.3 Å². The van der Waals surface area contributed by atoms with Crippen LogP contribution in [0.4, 0.5) is 0 Å². The van der Waals surface area contributed by atoms with E-state index < -0.39 is 0 Å². The summed E-state index contributed by atoms with van der Waals surface area (Å²) < 4.78 is 5.42. The van der Waals surface area contributed by atoms with Gasteiger partial charge in [0.05, 0.1) is 17.3 Å². The largest absolute Gasteiger partial charge is 0.494 e. The molecule has 0 spiro atoms. The molecule has 18 heavy (non-hydrogen) atoms. The van der Waals surface area contributed by atoms with Crippen LogP contribution in [0.15, 0.2) is 29.6 Å². The van der Waals surface area contributed by atoms with Crippen LogP contribution in [0.25, 0.3) is 0 Å². The van der Waals surface area contributed by atoms with Crippen molar-refractivity contribution in [3.63, 3.8) is 0 Å². The van der Waals surface area contributed by atoms with Gasteiger partial charge in [-0.05, 0) is 31.2 Å². The molecular formula is C14H18N2OS. The Kier molecular flexibility index (Phi) is 4.73. The number of ether oxygens (including phenoxy) is 1. The van der Waals surface area contributed by atoms with Gasteiger partial charge in [-0.3, -0.25) is 0 Å². The molecule has 0 amide bonds. The van der Waals surface area contributed by atoms with Crippen LogP contribution in [0, 0.1) is 0 Å². The summed E-state index contributed by atoms with van der Waals surface area (Å²) in [6.45, 7) is 3.35. The summed E-state index contributed by atoms with van der Waals surface area (Å²) in [5.41, 5.74) is 7.89. The van der Waals surface area contributed by atoms with E-state index in [0.717, 1.165) is 29.3 Å². The fourth-order valence-electron chi connectivity index (χ4n) is 1.75. The van der Waals surface area contributed by atoms with Crippen molar-refractivity contribution < 1.29 is 4.74 Å². The first-order valence-electron chi connectivity index (χ1n) is 6.17. The van der Waals surface area contributed by atoms with E-state index in [1.165, 1.54) is 5.56 Å². The maximum absolute atomic E-state index is 5.52. The summed E-state index contributed by atoms with van der Waals surface area (Å²) in [6, 6.07) is 8.19. The van der Waals surface area contributed by atoms with Crippen LogP contribution in [0.2, 0.25) is 0 Å². The zero-order valence-electron chi connectivity index (χ0n) is 10.6. The standard InChI is InChI=1S/C14H18N2OS/c1-2-17-13-5-3-11(4-6-13)9-12-10-18-14(16-12)7-8-15/h3-6,10H,2,7-9,15H2,1H3. The molecule has 4 heteroatoms. The molecule has 3 nitrogen and oxygen atoms in total. The van der Waals surface area contributed by atoms with E-state index in [2.05, 4.69) is 22.5 Å². The second kappa shape index (κ2) is 6.52. The average Bonchev–Trinajstić information content (AvgIpc) is 2.80. The van der Waals surface area contributed by atoms with Gasteiger partial charge < -0.3 is 10.5 Å². The minimum Gasteiger partial charge on any atom is -0.494 e. The van der Waals surface area contributed by atoms with Crippen LogP contribution in [0.1, 0.15) is 23.2 Å². The fourth-order valence-corrected chi connectivity index (χ4v) is 2.56. The first-order valence-corrected chi connectivity index (χ1v) is 7.05. The lowest BCUT2D eigenvalue weighted by atomic mass is 10.1. The number of nitrogens with two attached hydrogens (primary N) is 1. The molecule has 0 aliphatic carbocycles. The highest BCUT2D eigenvalue weighted by Gasteiger charge is 2.03. The monoisotopic (exact) mass is 262 g/mol. The van der Waals surface area contributed by atoms with Gasteiger partial charge in [-0.1, -0.05) is 12.1 Å². The van der Waals surface area contributed by atoms with Gasteiger partial charge in [0.25, 0.3) is 0 Å². The van der Waals surface area contributed by atoms with E-state index in [1.54, 1.807) is 11.3 Å². The van der Waals surface area contributed by atoms with Crippen molar-refractivity contribution in [3.05, 3.63) is 45.9 Å². The number of aromatic nitrogens is 1. The lowest BCUT2D eigenvalue weighted by Crippen LogP contribution is -2.02. The van der Waals surface area contributed by atoms with Crippen LogP contribution in [0.5, 0.6) is 5.75 Å². The molecule has 0 saturated carbocycles. The van der Waals surface area contributed by atoms with Gasteiger partial charge in [0.15, 0.2) is 0 Å². The van der Waals surface area contributed by atoms with E-state index in [4.69, 9.17) is 10.5 Å². The number of thiazole rings is 1. The molecule has 96 valence electrons. The van der Waals surface area contributed by atoms with Crippen LogP contribution < -0.4 is 10.5 Å². The lowest BCUT2D eigenvalue weighted by Gasteiger charge is -2.03. The van der Waals surface area contributed by atoms with Crippen LogP contribution in [-0.2, 0) is 12.8 Å². The normalized spacial score (nSPS) is 10.6. The highest BCUT2D eigenvalue weighted by atomic mass is 32.1. The zero-order valence-corrected chi connectivity index (χ0v) is 11.4. The van der Waals surface area contributed by atoms with Crippen molar-refractivity contribution in [1.29, 1.82) is 0 Å². The molecule has 0 aliphatic rings. The van der Waals surface area contributed by atoms with E-state index in [1.807, 2.05) is 19.1 Å². The smallest absolute Gasteiger partial charge is 0.119 e. The summed E-state index contributed by atoms with van der Waals surface area (Å²) in [4.78, 5) is 4.56. The topological polar surface area (TPSA) is 48.1 Å². The minimum absolute atomic E-state index is 0.663. The van der Waals surface area contributed by atoms with Gasteiger partial charge in [-0.15, -0.1) is 11.3 Å². The fraction of sp³-hybridized carbons (Fsp3) is 0.357. The molecule has 0 aliphatic heterocycles. The SMILES string of the molecule is CCOc1ccc(Cc2csc(CCN)n2)cc1. The summed E-state index contributed by atoms with van der Waals surface area (Å²) in [6.07, 6.45) is 1.74. The molecule has 1 heterocycles. The van der Waals surface area contributed by atoms with Gasteiger partial charge in [0.1, 0.15) is 5.75 Å². The quantitative estimate of drug-likeness (QED) is 0.870. The minimum atomic E-state index is 0.663. The van der Waals surface area contributed by atoms with Crippen molar-refractivity contribution in [2.24, 2.45) is 5.73 Å². The number of hydrogen-bond acceptors (Lipinski definition) is 4. The van der Waals surface area contributed by atoms with Crippen molar-refractivity contribution in [1.82, 2.24) is 4.98 Å². The summed E-state index contributed by atoms with van der Waals surface area (Å²) >= 11 is 1.69. The summed E-state index contributed by atoms with van der Waals surface area (Å²) in [5.74, 6) is 0.920. The highest BCUT2D eigenvalue weighted by Crippen LogP contribution is 2.17. The van der Waals surface area contributed by atoms with Gasteiger partial charge in [-0.25, -0.2) is 4.98 Å². The van der Waals surface area contributed by atoms with Crippen molar-refractivity contribution in [2.75, 3.05) is 13.2 Å². The second-order valence-corrected chi connectivity index (χ2v) is 4.97. The second-order valence-electron chi connectivity index (χ2n) is 4.02. The first kappa shape index (κ1) is 13.1. The highest BCUT2D eigenvalue weighted by molar-refractivity contribution is 7.09. The molecule has 0 unspecified atom stereocenters. The number of benzene rings is 1. The molecule has 1 aromatic carbocycles. The number of nitrogens with zero attached hydrogens (tertiary/aromatic N) is 1. The van der Waals surface area contributed by atoms with Gasteiger partial charge in [0.2, 0.25) is 0 Å². The predicted molar refractivity (Wildman–Crippen MR) is 75.3 cm³/mol. The third-order valence-electron chi connectivity index (χ3n) is 2.58. The maximum Gasteiger partial charge on any atom is 0.119 e. The van der Waals surface area contributed by atoms with Gasteiger partial charge in [-0.2, -0.15) is 0 Å². The van der Waals surface area contributed by atoms with E-state index in [0.29, 0.717) is 13.2 Å². The molecule has 0 atom stereocenters. The summed E-state index contributed by atoms with van der Waals surface area (Å²) in [7, 11) is 0. The third kappa shape index (κ3) is 3.55. The Morgan fingerprint density at radius 1 is 1.28 bits per heavy atom. The molecule has 2 N–H and O–H groups in total. The van der Waals surface area contributed by atoms with Gasteiger partial charge >= 0.3 is 0 Å². The molecule has 2 rings (SSSR count). The van der Waals surface area contributed by atoms with Crippen molar-refractivity contribution in [3.8, 4) is 5.75 Å². The predicted octanol–water partition coefficient (Wildman–Crippen LogP) is 2.63. The molecule has 0 radical (unpaired) electrons. The molecular weight excluding hydrogens is 244 g/mol. The Morgan fingerprint density at radius 3 is 2.72 bits per heavy atom. The Labute approximate surface area is 112 Å². The molecule has 2 aromatic rings. The zero-order chi connectivity index (χ0) is 12.8. The Hall–Kier alpha value is -1.39. The van der Waals surface area contributed by atoms with Crippen molar-refractivity contribution in [2.45, 2.75) is 19.8 Å².